The van der Waals surface area contributed by atoms with Gasteiger partial charge in [-0.1, -0.05) is 0 Å². The fourth-order valence-electron chi connectivity index (χ4n) is 1.52. The fourth-order valence-corrected chi connectivity index (χ4v) is 2.45. The van der Waals surface area contributed by atoms with Crippen LogP contribution in [-0.2, 0) is 4.74 Å². The Bertz CT molecular complexity index is 582. The van der Waals surface area contributed by atoms with Crippen LogP contribution in [0.15, 0.2) is 46.0 Å². The zero-order valence-electron chi connectivity index (χ0n) is 10.5. The van der Waals surface area contributed by atoms with Crippen LogP contribution in [0.3, 0.4) is 0 Å². The van der Waals surface area contributed by atoms with E-state index in [4.69, 9.17) is 4.42 Å². The molecular formula is C13H13NO4S. The van der Waals surface area contributed by atoms with Crippen molar-refractivity contribution in [1.82, 2.24) is 0 Å². The summed E-state index contributed by atoms with van der Waals surface area (Å²) in [5.74, 6) is 0.268. The number of carbonyl (C=O) groups excluding carboxylic acids is 1. The predicted octanol–water partition coefficient (Wildman–Crippen LogP) is 2.55. The Hall–Kier alpha value is -1.95. The molecule has 0 saturated carbocycles. The Morgan fingerprint density at radius 1 is 1.42 bits per heavy atom. The number of pyridine rings is 1. The van der Waals surface area contributed by atoms with E-state index in [0.717, 1.165) is 4.73 Å². The van der Waals surface area contributed by atoms with Crippen LogP contribution in [0.1, 0.15) is 28.5 Å². The zero-order chi connectivity index (χ0) is 13.8. The summed E-state index contributed by atoms with van der Waals surface area (Å²) in [5.41, 5.74) is 0. The molecule has 2 heterocycles. The summed E-state index contributed by atoms with van der Waals surface area (Å²) >= 11 is 1.36. The molecule has 0 saturated heterocycles. The lowest BCUT2D eigenvalue weighted by Crippen LogP contribution is -2.27. The van der Waals surface area contributed by atoms with Crippen molar-refractivity contribution in [3.8, 4) is 0 Å². The third-order valence-electron chi connectivity index (χ3n) is 2.50. The highest BCUT2D eigenvalue weighted by Gasteiger charge is 2.18. The van der Waals surface area contributed by atoms with E-state index in [0.29, 0.717) is 10.8 Å². The Morgan fingerprint density at radius 3 is 2.89 bits per heavy atom. The average Bonchev–Trinajstić information content (AvgIpc) is 2.90. The molecule has 5 nitrogen and oxygen atoms in total. The van der Waals surface area contributed by atoms with Crippen molar-refractivity contribution in [2.24, 2.45) is 0 Å². The van der Waals surface area contributed by atoms with Crippen LogP contribution in [0, 0.1) is 5.21 Å². The van der Waals surface area contributed by atoms with Crippen LogP contribution in [0.4, 0.5) is 0 Å². The van der Waals surface area contributed by atoms with Crippen LogP contribution in [0.2, 0.25) is 0 Å². The summed E-state index contributed by atoms with van der Waals surface area (Å²) in [6.07, 6.45) is 1.44. The molecule has 0 fully saturated rings. The quantitative estimate of drug-likeness (QED) is 0.372. The summed E-state index contributed by atoms with van der Waals surface area (Å²) in [4.78, 5) is 11.3. The number of rotatable bonds is 4. The molecule has 19 heavy (non-hydrogen) atoms. The maximum atomic E-state index is 11.5. The molecule has 2 aromatic rings. The van der Waals surface area contributed by atoms with Gasteiger partial charge in [0.05, 0.1) is 12.4 Å². The molecule has 0 N–H and O–H groups in total. The van der Waals surface area contributed by atoms with Gasteiger partial charge >= 0.3 is 5.97 Å². The van der Waals surface area contributed by atoms with E-state index in [2.05, 4.69) is 4.74 Å². The number of thioether (sulfide) groups is 1. The van der Waals surface area contributed by atoms with Gasteiger partial charge in [0.1, 0.15) is 5.76 Å². The number of furan rings is 1. The molecule has 1 atom stereocenters. The lowest BCUT2D eigenvalue weighted by atomic mass is 10.3. The molecule has 0 amide bonds. The highest BCUT2D eigenvalue weighted by Crippen LogP contribution is 2.33. The summed E-state index contributed by atoms with van der Waals surface area (Å²) in [5, 5.41) is 12.0. The van der Waals surface area contributed by atoms with Crippen LogP contribution in [0.5, 0.6) is 0 Å². The topological polar surface area (TPSA) is 66.4 Å². The minimum Gasteiger partial charge on any atom is -0.618 e. The second-order valence-electron chi connectivity index (χ2n) is 3.82. The third kappa shape index (κ3) is 3.08. The first-order valence-electron chi connectivity index (χ1n) is 5.64. The molecule has 0 spiro atoms. The minimum absolute atomic E-state index is 0.0824. The maximum absolute atomic E-state index is 11.5. The number of hydrogen-bond acceptors (Lipinski definition) is 5. The third-order valence-corrected chi connectivity index (χ3v) is 3.64. The molecular weight excluding hydrogens is 266 g/mol. The molecule has 0 aliphatic heterocycles. The van der Waals surface area contributed by atoms with Gasteiger partial charge in [0, 0.05) is 12.1 Å². The van der Waals surface area contributed by atoms with Crippen LogP contribution < -0.4 is 4.73 Å². The van der Waals surface area contributed by atoms with Crippen LogP contribution in [0.25, 0.3) is 0 Å². The van der Waals surface area contributed by atoms with E-state index in [-0.39, 0.29) is 11.0 Å². The average molecular weight is 279 g/mol. The van der Waals surface area contributed by atoms with Crippen LogP contribution in [-0.4, -0.2) is 13.1 Å². The second kappa shape index (κ2) is 5.79. The Labute approximate surface area is 114 Å². The Kier molecular flexibility index (Phi) is 4.11. The SMILES string of the molecule is COC(=O)c1ccc([C@@H](C)Sc2cccc[n+]2[O-])o1. The Morgan fingerprint density at radius 2 is 2.21 bits per heavy atom. The van der Waals surface area contributed by atoms with E-state index in [1.54, 1.807) is 30.3 Å². The maximum Gasteiger partial charge on any atom is 0.373 e. The first-order chi connectivity index (χ1) is 9.11. The van der Waals surface area contributed by atoms with Crippen molar-refractivity contribution < 1.29 is 18.7 Å². The van der Waals surface area contributed by atoms with E-state index < -0.39 is 5.97 Å². The lowest BCUT2D eigenvalue weighted by molar-refractivity contribution is -0.645. The number of esters is 1. The minimum atomic E-state index is -0.512. The summed E-state index contributed by atoms with van der Waals surface area (Å²) in [6.45, 7) is 1.90. The molecule has 2 aromatic heterocycles. The predicted molar refractivity (Wildman–Crippen MR) is 69.7 cm³/mol. The molecule has 0 bridgehead atoms. The van der Waals surface area contributed by atoms with Gasteiger partial charge in [0.2, 0.25) is 5.76 Å². The van der Waals surface area contributed by atoms with Gasteiger partial charge in [0.25, 0.3) is 5.03 Å². The van der Waals surface area contributed by atoms with E-state index in [9.17, 15) is 10.0 Å². The second-order valence-corrected chi connectivity index (χ2v) is 5.18. The monoisotopic (exact) mass is 279 g/mol. The van der Waals surface area contributed by atoms with Gasteiger partial charge in [-0.25, -0.2) is 4.79 Å². The van der Waals surface area contributed by atoms with Crippen molar-refractivity contribution in [1.29, 1.82) is 0 Å². The van der Waals surface area contributed by atoms with Crippen molar-refractivity contribution in [3.63, 3.8) is 0 Å². The van der Waals surface area contributed by atoms with Gasteiger partial charge in [0.15, 0.2) is 6.20 Å². The van der Waals surface area contributed by atoms with Gasteiger partial charge in [-0.15, -0.1) is 0 Å². The Balaban J connectivity index is 2.12. The smallest absolute Gasteiger partial charge is 0.373 e. The molecule has 0 radical (unpaired) electrons. The number of methoxy groups -OCH3 is 1. The molecule has 0 unspecified atom stereocenters. The number of aromatic nitrogens is 1. The first-order valence-corrected chi connectivity index (χ1v) is 6.52. The van der Waals surface area contributed by atoms with Gasteiger partial charge < -0.3 is 14.4 Å². The van der Waals surface area contributed by atoms with Crippen molar-refractivity contribution >= 4 is 17.7 Å². The summed E-state index contributed by atoms with van der Waals surface area (Å²) in [6, 6.07) is 8.48. The fraction of sp³-hybridized carbons (Fsp3) is 0.231. The largest absolute Gasteiger partial charge is 0.618 e. The number of nitrogens with zero attached hydrogens (tertiary/aromatic N) is 1. The van der Waals surface area contributed by atoms with Crippen LogP contribution >= 0.6 is 11.8 Å². The zero-order valence-corrected chi connectivity index (χ0v) is 11.3. The van der Waals surface area contributed by atoms with E-state index >= 15 is 0 Å². The number of carbonyl (C=O) groups is 1. The highest BCUT2D eigenvalue weighted by molar-refractivity contribution is 7.99. The molecule has 0 aromatic carbocycles. The molecule has 6 heteroatoms. The van der Waals surface area contributed by atoms with Gasteiger partial charge in [-0.2, -0.15) is 4.73 Å². The van der Waals surface area contributed by atoms with Gasteiger partial charge in [-0.05, 0) is 36.9 Å². The standard InChI is InChI=1S/C13H13NO4S/c1-9(19-12-5-3-4-8-14(12)16)10-6-7-11(18-10)13(15)17-2/h3-9H,1-2H3/t9-/m1/s1. The van der Waals surface area contributed by atoms with Crippen molar-refractivity contribution in [2.75, 3.05) is 7.11 Å². The normalized spacial score (nSPS) is 12.1. The first kappa shape index (κ1) is 13.5. The molecule has 0 aliphatic carbocycles. The molecule has 0 aliphatic rings. The number of ether oxygens (including phenoxy) is 1. The van der Waals surface area contributed by atoms with E-state index in [1.807, 2.05) is 6.92 Å². The summed E-state index contributed by atoms with van der Waals surface area (Å²) < 4.78 is 10.8. The van der Waals surface area contributed by atoms with Gasteiger partial charge in [-0.3, -0.25) is 0 Å². The highest BCUT2D eigenvalue weighted by atomic mass is 32.2. The van der Waals surface area contributed by atoms with Crippen molar-refractivity contribution in [3.05, 3.63) is 53.3 Å². The van der Waals surface area contributed by atoms with Crippen molar-refractivity contribution in [2.45, 2.75) is 17.2 Å². The molecule has 100 valence electrons. The van der Waals surface area contributed by atoms with E-state index in [1.165, 1.54) is 25.1 Å². The lowest BCUT2D eigenvalue weighted by Gasteiger charge is -2.08. The number of hydrogen-bond donors (Lipinski definition) is 0. The molecule has 2 rings (SSSR count). The summed E-state index contributed by atoms with van der Waals surface area (Å²) in [7, 11) is 1.30.